The molecule has 0 bridgehead atoms. The number of pyridine rings is 1. The first-order valence-corrected chi connectivity index (χ1v) is 8.88. The average Bonchev–Trinajstić information content (AvgIpc) is 3.17. The molecule has 1 aromatic carbocycles. The van der Waals surface area contributed by atoms with Crippen molar-refractivity contribution in [3.05, 3.63) is 70.4 Å². The zero-order chi connectivity index (χ0) is 18.4. The van der Waals surface area contributed by atoms with Crippen molar-refractivity contribution in [3.8, 4) is 11.3 Å². The van der Waals surface area contributed by atoms with Crippen LogP contribution in [0.25, 0.3) is 11.3 Å². The van der Waals surface area contributed by atoms with E-state index in [9.17, 15) is 9.59 Å². The maximum absolute atomic E-state index is 12.2. The maximum Gasteiger partial charge on any atom is 0.285 e. The maximum atomic E-state index is 12.2. The molecule has 0 radical (unpaired) electrons. The molecule has 26 heavy (non-hydrogen) atoms. The zero-order valence-electron chi connectivity index (χ0n) is 13.8. The fraction of sp³-hybridized carbons (Fsp3) is 0.105. The second-order valence-corrected chi connectivity index (χ2v) is 6.46. The first-order chi connectivity index (χ1) is 12.7. The third-order valence-corrected chi connectivity index (χ3v) is 4.66. The van der Waals surface area contributed by atoms with E-state index in [1.807, 2.05) is 30.3 Å². The number of benzene rings is 1. The molecule has 2 heterocycles. The standard InChI is InChI=1S/C19H17N3O3S/c23-17(10-9-13-5-2-1-3-6-13)21-16-8-4-7-15(20-16)14-11-12-26-18(14)19(24)22-25/h1-8,11-12,25H,9-10H2,(H,22,24)(H,20,21,23). The number of rotatable bonds is 6. The van der Waals surface area contributed by atoms with Crippen molar-refractivity contribution in [3.63, 3.8) is 0 Å². The van der Waals surface area contributed by atoms with Gasteiger partial charge < -0.3 is 5.32 Å². The predicted molar refractivity (Wildman–Crippen MR) is 100 cm³/mol. The minimum absolute atomic E-state index is 0.128. The van der Waals surface area contributed by atoms with Crippen LogP contribution in [0.1, 0.15) is 21.7 Å². The van der Waals surface area contributed by atoms with Gasteiger partial charge in [-0.25, -0.2) is 10.5 Å². The summed E-state index contributed by atoms with van der Waals surface area (Å²) in [5.41, 5.74) is 3.88. The third-order valence-electron chi connectivity index (χ3n) is 3.75. The number of hydrogen-bond donors (Lipinski definition) is 3. The number of nitrogens with one attached hydrogen (secondary N) is 2. The van der Waals surface area contributed by atoms with Crippen LogP contribution in [0.15, 0.2) is 60.0 Å². The number of carbonyl (C=O) groups is 2. The Balaban J connectivity index is 1.69. The number of thiophene rings is 1. The van der Waals surface area contributed by atoms with Gasteiger partial charge in [-0.2, -0.15) is 0 Å². The van der Waals surface area contributed by atoms with Gasteiger partial charge in [-0.3, -0.25) is 14.8 Å². The molecule has 0 unspecified atom stereocenters. The smallest absolute Gasteiger partial charge is 0.285 e. The van der Waals surface area contributed by atoms with E-state index in [1.165, 1.54) is 11.3 Å². The van der Waals surface area contributed by atoms with Crippen molar-refractivity contribution >= 4 is 29.0 Å². The largest absolute Gasteiger partial charge is 0.311 e. The Morgan fingerprint density at radius 2 is 1.85 bits per heavy atom. The first-order valence-electron chi connectivity index (χ1n) is 8.00. The van der Waals surface area contributed by atoms with Gasteiger partial charge in [0, 0.05) is 12.0 Å². The van der Waals surface area contributed by atoms with Gasteiger partial charge in [0.1, 0.15) is 10.7 Å². The van der Waals surface area contributed by atoms with Crippen LogP contribution in [0.2, 0.25) is 0 Å². The van der Waals surface area contributed by atoms with Gasteiger partial charge in [-0.1, -0.05) is 36.4 Å². The molecule has 3 rings (SSSR count). The van der Waals surface area contributed by atoms with Crippen LogP contribution in [0.4, 0.5) is 5.82 Å². The number of aryl methyl sites for hydroxylation is 1. The summed E-state index contributed by atoms with van der Waals surface area (Å²) in [6.45, 7) is 0. The molecule has 3 aromatic rings. The van der Waals surface area contributed by atoms with Crippen molar-refractivity contribution in [2.75, 3.05) is 5.32 Å². The summed E-state index contributed by atoms with van der Waals surface area (Å²) in [7, 11) is 0. The van der Waals surface area contributed by atoms with Crippen molar-refractivity contribution < 1.29 is 14.8 Å². The second kappa shape index (κ2) is 8.37. The molecular weight excluding hydrogens is 350 g/mol. The van der Waals surface area contributed by atoms with Crippen molar-refractivity contribution in [1.29, 1.82) is 0 Å². The Labute approximate surface area is 154 Å². The minimum atomic E-state index is -0.589. The topological polar surface area (TPSA) is 91.3 Å². The van der Waals surface area contributed by atoms with Crippen LogP contribution in [-0.2, 0) is 11.2 Å². The van der Waals surface area contributed by atoms with Gasteiger partial charge >= 0.3 is 0 Å². The van der Waals surface area contributed by atoms with E-state index < -0.39 is 5.91 Å². The number of carbonyl (C=O) groups excluding carboxylic acids is 2. The Morgan fingerprint density at radius 3 is 2.62 bits per heavy atom. The van der Waals surface area contributed by atoms with E-state index >= 15 is 0 Å². The van der Waals surface area contributed by atoms with E-state index in [1.54, 1.807) is 35.1 Å². The van der Waals surface area contributed by atoms with E-state index in [0.717, 1.165) is 5.56 Å². The van der Waals surface area contributed by atoms with Crippen LogP contribution in [0.3, 0.4) is 0 Å². The normalized spacial score (nSPS) is 10.3. The summed E-state index contributed by atoms with van der Waals surface area (Å²) < 4.78 is 0. The Hall–Kier alpha value is -3.03. The number of aromatic nitrogens is 1. The van der Waals surface area contributed by atoms with Crippen LogP contribution < -0.4 is 10.8 Å². The highest BCUT2D eigenvalue weighted by molar-refractivity contribution is 7.12. The SMILES string of the molecule is O=C(CCc1ccccc1)Nc1cccc(-c2ccsc2C(=O)NO)n1. The van der Waals surface area contributed by atoms with E-state index in [4.69, 9.17) is 5.21 Å². The van der Waals surface area contributed by atoms with Gasteiger partial charge in [-0.05, 0) is 35.6 Å². The Bertz CT molecular complexity index is 909. The Morgan fingerprint density at radius 1 is 1.04 bits per heavy atom. The molecule has 0 aliphatic heterocycles. The zero-order valence-corrected chi connectivity index (χ0v) is 14.6. The molecule has 2 amide bonds. The molecule has 7 heteroatoms. The quantitative estimate of drug-likeness (QED) is 0.459. The summed E-state index contributed by atoms with van der Waals surface area (Å²) in [5.74, 6) is -0.298. The van der Waals surface area contributed by atoms with Gasteiger partial charge in [0.25, 0.3) is 5.91 Å². The number of hydroxylamine groups is 1. The molecule has 0 saturated heterocycles. The summed E-state index contributed by atoms with van der Waals surface area (Å²) in [6, 6.07) is 16.7. The summed E-state index contributed by atoms with van der Waals surface area (Å²) in [6.07, 6.45) is 1.00. The molecule has 0 saturated carbocycles. The van der Waals surface area contributed by atoms with Gasteiger partial charge in [0.05, 0.1) is 5.69 Å². The van der Waals surface area contributed by atoms with Crippen molar-refractivity contribution in [2.24, 2.45) is 0 Å². The fourth-order valence-corrected chi connectivity index (χ4v) is 3.29. The van der Waals surface area contributed by atoms with Crippen LogP contribution in [0.5, 0.6) is 0 Å². The lowest BCUT2D eigenvalue weighted by molar-refractivity contribution is -0.116. The summed E-state index contributed by atoms with van der Waals surface area (Å²) in [5, 5.41) is 13.4. The van der Waals surface area contributed by atoms with Gasteiger partial charge in [0.15, 0.2) is 0 Å². The fourth-order valence-electron chi connectivity index (χ4n) is 2.50. The first kappa shape index (κ1) is 17.8. The number of nitrogens with zero attached hydrogens (tertiary/aromatic N) is 1. The van der Waals surface area contributed by atoms with Gasteiger partial charge in [0.2, 0.25) is 5.91 Å². The number of anilines is 1. The highest BCUT2D eigenvalue weighted by Gasteiger charge is 2.15. The third kappa shape index (κ3) is 4.33. The molecule has 3 N–H and O–H groups in total. The van der Waals surface area contributed by atoms with Crippen LogP contribution >= 0.6 is 11.3 Å². The molecule has 0 atom stereocenters. The summed E-state index contributed by atoms with van der Waals surface area (Å²) in [4.78, 5) is 28.6. The molecule has 0 fully saturated rings. The molecule has 0 aliphatic rings. The van der Waals surface area contributed by atoms with Gasteiger partial charge in [-0.15, -0.1) is 11.3 Å². The average molecular weight is 367 g/mol. The second-order valence-electron chi connectivity index (χ2n) is 5.55. The number of amides is 2. The lowest BCUT2D eigenvalue weighted by atomic mass is 10.1. The van der Waals surface area contributed by atoms with Crippen LogP contribution in [-0.4, -0.2) is 22.0 Å². The monoisotopic (exact) mass is 367 g/mol. The van der Waals surface area contributed by atoms with E-state index in [2.05, 4.69) is 10.3 Å². The van der Waals surface area contributed by atoms with Crippen molar-refractivity contribution in [2.45, 2.75) is 12.8 Å². The van der Waals surface area contributed by atoms with E-state index in [0.29, 0.717) is 34.8 Å². The van der Waals surface area contributed by atoms with E-state index in [-0.39, 0.29) is 5.91 Å². The number of hydrogen-bond acceptors (Lipinski definition) is 5. The molecule has 0 spiro atoms. The summed E-state index contributed by atoms with van der Waals surface area (Å²) >= 11 is 1.20. The van der Waals surface area contributed by atoms with Crippen LogP contribution in [0, 0.1) is 0 Å². The molecular formula is C19H17N3O3S. The Kier molecular flexibility index (Phi) is 5.73. The lowest BCUT2D eigenvalue weighted by Gasteiger charge is -2.07. The lowest BCUT2D eigenvalue weighted by Crippen LogP contribution is -2.18. The minimum Gasteiger partial charge on any atom is -0.311 e. The molecule has 2 aromatic heterocycles. The molecule has 132 valence electrons. The highest BCUT2D eigenvalue weighted by atomic mass is 32.1. The predicted octanol–water partition coefficient (Wildman–Crippen LogP) is 3.50. The molecule has 0 aliphatic carbocycles. The van der Waals surface area contributed by atoms with Crippen molar-refractivity contribution in [1.82, 2.24) is 10.5 Å². The molecule has 6 nitrogen and oxygen atoms in total. The highest BCUT2D eigenvalue weighted by Crippen LogP contribution is 2.27.